The van der Waals surface area contributed by atoms with Gasteiger partial charge in [0.15, 0.2) is 5.82 Å². The summed E-state index contributed by atoms with van der Waals surface area (Å²) in [4.78, 5) is -0.0663. The van der Waals surface area contributed by atoms with Gasteiger partial charge in [0, 0.05) is 0 Å². The summed E-state index contributed by atoms with van der Waals surface area (Å²) < 4.78 is 40.1. The Kier molecular flexibility index (Phi) is 4.27. The molecule has 0 atom stereocenters. The number of aliphatic hydroxyl groups excluding tert-OH is 1. The quantitative estimate of drug-likeness (QED) is 0.911. The van der Waals surface area contributed by atoms with Crippen molar-refractivity contribution in [2.75, 3.05) is 4.72 Å². The number of hydrogen-bond acceptors (Lipinski definition) is 3. The number of halogens is 2. The summed E-state index contributed by atoms with van der Waals surface area (Å²) in [6.45, 7) is -0.283. The number of benzene rings is 2. The predicted molar refractivity (Wildman–Crippen MR) is 74.6 cm³/mol. The van der Waals surface area contributed by atoms with Crippen molar-refractivity contribution in [3.8, 4) is 0 Å². The molecule has 0 spiro atoms. The molecule has 0 aliphatic carbocycles. The average molecular weight is 316 g/mol. The fourth-order valence-corrected chi connectivity index (χ4v) is 2.90. The molecule has 7 heteroatoms. The molecule has 2 N–H and O–H groups in total. The maximum Gasteiger partial charge on any atom is 0.261 e. The van der Waals surface area contributed by atoms with Gasteiger partial charge in [-0.2, -0.15) is 0 Å². The zero-order valence-electron chi connectivity index (χ0n) is 10.2. The Labute approximate surface area is 120 Å². The van der Waals surface area contributed by atoms with Gasteiger partial charge in [-0.3, -0.25) is 4.72 Å². The number of hydrogen-bond donors (Lipinski definition) is 2. The first kappa shape index (κ1) is 14.8. The van der Waals surface area contributed by atoms with Crippen molar-refractivity contribution < 1.29 is 17.9 Å². The van der Waals surface area contributed by atoms with E-state index in [9.17, 15) is 12.8 Å². The highest BCUT2D eigenvalue weighted by Crippen LogP contribution is 2.24. The molecule has 0 fully saturated rings. The highest BCUT2D eigenvalue weighted by atomic mass is 35.5. The smallest absolute Gasteiger partial charge is 0.261 e. The zero-order chi connectivity index (χ0) is 14.8. The second-order valence-electron chi connectivity index (χ2n) is 4.01. The molecule has 0 saturated carbocycles. The number of nitrogens with one attached hydrogen (secondary N) is 1. The first-order chi connectivity index (χ1) is 9.44. The lowest BCUT2D eigenvalue weighted by molar-refractivity contribution is 0.281. The summed E-state index contributed by atoms with van der Waals surface area (Å²) in [5.74, 6) is -0.837. The zero-order valence-corrected chi connectivity index (χ0v) is 11.7. The Morgan fingerprint density at radius 3 is 2.60 bits per heavy atom. The molecule has 0 unspecified atom stereocenters. The standard InChI is InChI=1S/C13H11ClFNO3S/c14-11-5-2-6-12(13(11)15)16-20(18,19)10-4-1-3-9(7-10)8-17/h1-7,16-17H,8H2. The van der Waals surface area contributed by atoms with E-state index in [1.807, 2.05) is 0 Å². The summed E-state index contributed by atoms with van der Waals surface area (Å²) in [7, 11) is -3.94. The maximum atomic E-state index is 13.7. The van der Waals surface area contributed by atoms with Gasteiger partial charge in [0.1, 0.15) is 0 Å². The SMILES string of the molecule is O=S(=O)(Nc1cccc(Cl)c1F)c1cccc(CO)c1. The van der Waals surface area contributed by atoms with Gasteiger partial charge in [0.05, 0.1) is 22.2 Å². The van der Waals surface area contributed by atoms with E-state index in [1.165, 1.54) is 36.4 Å². The van der Waals surface area contributed by atoms with Crippen molar-refractivity contribution in [3.05, 3.63) is 58.9 Å². The van der Waals surface area contributed by atoms with E-state index in [0.717, 1.165) is 0 Å². The van der Waals surface area contributed by atoms with Crippen LogP contribution in [0.15, 0.2) is 47.4 Å². The van der Waals surface area contributed by atoms with Gasteiger partial charge in [-0.1, -0.05) is 29.8 Å². The van der Waals surface area contributed by atoms with Gasteiger partial charge < -0.3 is 5.11 Å². The Morgan fingerprint density at radius 1 is 1.20 bits per heavy atom. The third-order valence-corrected chi connectivity index (χ3v) is 4.24. The number of anilines is 1. The Bertz CT molecular complexity index is 734. The van der Waals surface area contributed by atoms with Gasteiger partial charge in [0.2, 0.25) is 0 Å². The first-order valence-electron chi connectivity index (χ1n) is 5.60. The van der Waals surface area contributed by atoms with Crippen LogP contribution in [0.4, 0.5) is 10.1 Å². The van der Waals surface area contributed by atoms with E-state index in [1.54, 1.807) is 6.07 Å². The molecular formula is C13H11ClFNO3S. The average Bonchev–Trinajstić information content (AvgIpc) is 2.44. The monoisotopic (exact) mass is 315 g/mol. The highest BCUT2D eigenvalue weighted by Gasteiger charge is 2.17. The Balaban J connectivity index is 2.38. The molecule has 20 heavy (non-hydrogen) atoms. The van der Waals surface area contributed by atoms with Crippen molar-refractivity contribution >= 4 is 27.3 Å². The van der Waals surface area contributed by atoms with Gasteiger partial charge in [-0.05, 0) is 29.8 Å². The van der Waals surface area contributed by atoms with Crippen LogP contribution in [0, 0.1) is 5.82 Å². The van der Waals surface area contributed by atoms with Gasteiger partial charge in [-0.15, -0.1) is 0 Å². The molecule has 0 heterocycles. The molecular weight excluding hydrogens is 305 g/mol. The lowest BCUT2D eigenvalue weighted by atomic mass is 10.2. The number of sulfonamides is 1. The molecule has 0 aliphatic rings. The topological polar surface area (TPSA) is 66.4 Å². The van der Waals surface area contributed by atoms with Gasteiger partial charge in [-0.25, -0.2) is 12.8 Å². The van der Waals surface area contributed by atoms with Crippen LogP contribution < -0.4 is 4.72 Å². The number of aliphatic hydroxyl groups is 1. The third-order valence-electron chi connectivity index (χ3n) is 2.59. The molecule has 106 valence electrons. The van der Waals surface area contributed by atoms with Crippen molar-refractivity contribution in [2.24, 2.45) is 0 Å². The van der Waals surface area contributed by atoms with Crippen LogP contribution in [0.1, 0.15) is 5.56 Å². The molecule has 2 rings (SSSR count). The second-order valence-corrected chi connectivity index (χ2v) is 6.10. The molecule has 0 saturated heterocycles. The largest absolute Gasteiger partial charge is 0.392 e. The molecule has 4 nitrogen and oxygen atoms in total. The summed E-state index contributed by atoms with van der Waals surface area (Å²) in [5.41, 5.74) is 0.214. The molecule has 2 aromatic rings. The van der Waals surface area contributed by atoms with Crippen LogP contribution in [0.3, 0.4) is 0 Å². The fourth-order valence-electron chi connectivity index (χ4n) is 1.60. The van der Waals surface area contributed by atoms with E-state index in [2.05, 4.69) is 4.72 Å². The van der Waals surface area contributed by atoms with Crippen LogP contribution in [-0.4, -0.2) is 13.5 Å². The normalized spacial score (nSPS) is 11.3. The van der Waals surface area contributed by atoms with E-state index in [4.69, 9.17) is 16.7 Å². The van der Waals surface area contributed by atoms with E-state index in [0.29, 0.717) is 5.56 Å². The van der Waals surface area contributed by atoms with Crippen molar-refractivity contribution in [1.29, 1.82) is 0 Å². The molecule has 0 aromatic heterocycles. The summed E-state index contributed by atoms with van der Waals surface area (Å²) in [6.07, 6.45) is 0. The lowest BCUT2D eigenvalue weighted by Gasteiger charge is -2.10. The second kappa shape index (κ2) is 5.78. The minimum atomic E-state index is -3.94. The minimum absolute atomic E-state index is 0.0663. The molecule has 0 amide bonds. The van der Waals surface area contributed by atoms with Crippen LogP contribution in [0.2, 0.25) is 5.02 Å². The van der Waals surface area contributed by atoms with Crippen LogP contribution >= 0.6 is 11.6 Å². The summed E-state index contributed by atoms with van der Waals surface area (Å²) in [6, 6.07) is 9.77. The van der Waals surface area contributed by atoms with Crippen molar-refractivity contribution in [3.63, 3.8) is 0 Å². The first-order valence-corrected chi connectivity index (χ1v) is 7.47. The Hall–Kier alpha value is -1.63. The van der Waals surface area contributed by atoms with Crippen LogP contribution in [0.25, 0.3) is 0 Å². The van der Waals surface area contributed by atoms with Crippen molar-refractivity contribution in [1.82, 2.24) is 0 Å². The lowest BCUT2D eigenvalue weighted by Crippen LogP contribution is -2.14. The van der Waals surface area contributed by atoms with Crippen LogP contribution in [0.5, 0.6) is 0 Å². The van der Waals surface area contributed by atoms with Crippen LogP contribution in [-0.2, 0) is 16.6 Å². The van der Waals surface area contributed by atoms with Gasteiger partial charge >= 0.3 is 0 Å². The molecule has 0 radical (unpaired) electrons. The molecule has 2 aromatic carbocycles. The van der Waals surface area contributed by atoms with E-state index < -0.39 is 15.8 Å². The minimum Gasteiger partial charge on any atom is -0.392 e. The van der Waals surface area contributed by atoms with Crippen molar-refractivity contribution in [2.45, 2.75) is 11.5 Å². The summed E-state index contributed by atoms with van der Waals surface area (Å²) >= 11 is 5.59. The van der Waals surface area contributed by atoms with E-state index in [-0.39, 0.29) is 22.2 Å². The van der Waals surface area contributed by atoms with Gasteiger partial charge in [0.25, 0.3) is 10.0 Å². The highest BCUT2D eigenvalue weighted by molar-refractivity contribution is 7.92. The third kappa shape index (κ3) is 3.09. The Morgan fingerprint density at radius 2 is 1.90 bits per heavy atom. The fraction of sp³-hybridized carbons (Fsp3) is 0.0769. The van der Waals surface area contributed by atoms with E-state index >= 15 is 0 Å². The summed E-state index contributed by atoms with van der Waals surface area (Å²) in [5, 5.41) is 8.83. The number of rotatable bonds is 4. The maximum absolute atomic E-state index is 13.7. The predicted octanol–water partition coefficient (Wildman–Crippen LogP) is 2.77. The molecule has 0 bridgehead atoms. The molecule has 0 aliphatic heterocycles.